The Morgan fingerprint density at radius 3 is 3.00 bits per heavy atom. The molecule has 17 heavy (non-hydrogen) atoms. The van der Waals surface area contributed by atoms with Gasteiger partial charge in [0.05, 0.1) is 6.61 Å². The van der Waals surface area contributed by atoms with E-state index in [2.05, 4.69) is 4.98 Å². The summed E-state index contributed by atoms with van der Waals surface area (Å²) in [5, 5.41) is 8.61. The molecule has 1 fully saturated rings. The Bertz CT molecular complexity index is 450. The summed E-state index contributed by atoms with van der Waals surface area (Å²) in [6.45, 7) is 2.56. The van der Waals surface area contributed by atoms with E-state index in [1.54, 1.807) is 0 Å². The summed E-state index contributed by atoms with van der Waals surface area (Å²) in [6.07, 6.45) is 4.99. The molecule has 0 unspecified atom stereocenters. The highest BCUT2D eigenvalue weighted by Crippen LogP contribution is 2.30. The fraction of sp³-hybridized carbons (Fsp3) is 0.385. The second-order valence-electron chi connectivity index (χ2n) is 4.26. The van der Waals surface area contributed by atoms with Gasteiger partial charge in [0.25, 0.3) is 0 Å². The lowest BCUT2D eigenvalue weighted by Gasteiger charge is -2.08. The SMILES string of the molecule is Cc1ccc(OCC2CC2)c(C=CC(=O)O)n1. The van der Waals surface area contributed by atoms with Crippen molar-refractivity contribution in [2.75, 3.05) is 6.61 Å². The topological polar surface area (TPSA) is 59.4 Å². The van der Waals surface area contributed by atoms with E-state index in [4.69, 9.17) is 9.84 Å². The quantitative estimate of drug-likeness (QED) is 0.792. The number of rotatable bonds is 5. The Kier molecular flexibility index (Phi) is 3.42. The Labute approximate surface area is 99.9 Å². The molecule has 4 heteroatoms. The number of carboxylic acids is 1. The van der Waals surface area contributed by atoms with Gasteiger partial charge in [-0.05, 0) is 43.9 Å². The zero-order chi connectivity index (χ0) is 12.3. The van der Waals surface area contributed by atoms with Crippen molar-refractivity contribution in [1.29, 1.82) is 0 Å². The van der Waals surface area contributed by atoms with E-state index in [0.717, 1.165) is 11.8 Å². The highest BCUT2D eigenvalue weighted by Gasteiger charge is 2.22. The maximum atomic E-state index is 10.5. The van der Waals surface area contributed by atoms with E-state index in [-0.39, 0.29) is 0 Å². The van der Waals surface area contributed by atoms with Crippen LogP contribution < -0.4 is 4.74 Å². The van der Waals surface area contributed by atoms with Gasteiger partial charge in [0.2, 0.25) is 0 Å². The van der Waals surface area contributed by atoms with Gasteiger partial charge in [-0.1, -0.05) is 0 Å². The molecule has 0 spiro atoms. The molecule has 0 saturated heterocycles. The minimum Gasteiger partial charge on any atom is -0.491 e. The number of aromatic nitrogens is 1. The third kappa shape index (κ3) is 3.59. The first-order valence-electron chi connectivity index (χ1n) is 5.66. The van der Waals surface area contributed by atoms with Gasteiger partial charge in [0.1, 0.15) is 11.4 Å². The lowest BCUT2D eigenvalue weighted by Crippen LogP contribution is -2.02. The van der Waals surface area contributed by atoms with Gasteiger partial charge < -0.3 is 9.84 Å². The second kappa shape index (κ2) is 4.99. The Balaban J connectivity index is 2.13. The summed E-state index contributed by atoms with van der Waals surface area (Å²) in [7, 11) is 0. The van der Waals surface area contributed by atoms with Crippen LogP contribution in [0.25, 0.3) is 6.08 Å². The van der Waals surface area contributed by atoms with Crippen LogP contribution in [0.1, 0.15) is 24.2 Å². The van der Waals surface area contributed by atoms with E-state index in [1.165, 1.54) is 18.9 Å². The molecule has 1 N–H and O–H groups in total. The van der Waals surface area contributed by atoms with Crippen molar-refractivity contribution in [2.24, 2.45) is 5.92 Å². The number of nitrogens with zero attached hydrogens (tertiary/aromatic N) is 1. The van der Waals surface area contributed by atoms with Crippen LogP contribution in [0, 0.1) is 12.8 Å². The van der Waals surface area contributed by atoms with Crippen molar-refractivity contribution in [2.45, 2.75) is 19.8 Å². The normalized spacial score (nSPS) is 15.1. The Morgan fingerprint density at radius 2 is 2.35 bits per heavy atom. The van der Waals surface area contributed by atoms with Crippen LogP contribution in [0.15, 0.2) is 18.2 Å². The predicted molar refractivity (Wildman–Crippen MR) is 63.9 cm³/mol. The molecule has 0 atom stereocenters. The van der Waals surface area contributed by atoms with Gasteiger partial charge in [-0.25, -0.2) is 9.78 Å². The van der Waals surface area contributed by atoms with Gasteiger partial charge in [-0.3, -0.25) is 0 Å². The lowest BCUT2D eigenvalue weighted by molar-refractivity contribution is -0.131. The van der Waals surface area contributed by atoms with Crippen LogP contribution >= 0.6 is 0 Å². The molecule has 1 saturated carbocycles. The summed E-state index contributed by atoms with van der Waals surface area (Å²) in [4.78, 5) is 14.8. The summed E-state index contributed by atoms with van der Waals surface area (Å²) in [6, 6.07) is 3.70. The molecule has 1 aliphatic rings. The molecule has 1 aromatic rings. The van der Waals surface area contributed by atoms with Crippen molar-refractivity contribution in [1.82, 2.24) is 4.98 Å². The first-order valence-corrected chi connectivity index (χ1v) is 5.66. The number of pyridine rings is 1. The molecule has 1 aliphatic carbocycles. The first kappa shape index (κ1) is 11.6. The molecule has 1 heterocycles. The summed E-state index contributed by atoms with van der Waals surface area (Å²) in [5.41, 5.74) is 1.42. The predicted octanol–water partition coefficient (Wildman–Crippen LogP) is 2.28. The number of aryl methyl sites for hydroxylation is 1. The Hall–Kier alpha value is -1.84. The third-order valence-electron chi connectivity index (χ3n) is 2.58. The van der Waals surface area contributed by atoms with Crippen molar-refractivity contribution < 1.29 is 14.6 Å². The minimum atomic E-state index is -0.985. The van der Waals surface area contributed by atoms with Crippen LogP contribution in [-0.2, 0) is 4.79 Å². The molecule has 0 aliphatic heterocycles. The van der Waals surface area contributed by atoms with E-state index in [0.29, 0.717) is 24.0 Å². The number of hydrogen-bond donors (Lipinski definition) is 1. The zero-order valence-electron chi connectivity index (χ0n) is 9.72. The summed E-state index contributed by atoms with van der Waals surface area (Å²) < 4.78 is 5.64. The highest BCUT2D eigenvalue weighted by molar-refractivity contribution is 5.85. The van der Waals surface area contributed by atoms with Gasteiger partial charge >= 0.3 is 5.97 Å². The smallest absolute Gasteiger partial charge is 0.328 e. The van der Waals surface area contributed by atoms with Crippen molar-refractivity contribution in [3.8, 4) is 5.75 Å². The summed E-state index contributed by atoms with van der Waals surface area (Å²) in [5.74, 6) is 0.328. The molecule has 4 nitrogen and oxygen atoms in total. The number of ether oxygens (including phenoxy) is 1. The molecule has 1 aromatic heterocycles. The van der Waals surface area contributed by atoms with Crippen molar-refractivity contribution in [3.05, 3.63) is 29.6 Å². The number of hydrogen-bond acceptors (Lipinski definition) is 3. The van der Waals surface area contributed by atoms with Crippen LogP contribution in [0.4, 0.5) is 0 Å². The van der Waals surface area contributed by atoms with Crippen molar-refractivity contribution in [3.63, 3.8) is 0 Å². The second-order valence-corrected chi connectivity index (χ2v) is 4.26. The van der Waals surface area contributed by atoms with Crippen LogP contribution in [0.5, 0.6) is 5.75 Å². The van der Waals surface area contributed by atoms with Gasteiger partial charge in [0, 0.05) is 11.8 Å². The molecule has 0 radical (unpaired) electrons. The van der Waals surface area contributed by atoms with Crippen LogP contribution in [0.2, 0.25) is 0 Å². The maximum absolute atomic E-state index is 10.5. The average Bonchev–Trinajstić information content (AvgIpc) is 3.09. The molecular formula is C13H15NO3. The van der Waals surface area contributed by atoms with E-state index in [9.17, 15) is 4.79 Å². The van der Waals surface area contributed by atoms with E-state index < -0.39 is 5.97 Å². The lowest BCUT2D eigenvalue weighted by atomic mass is 10.2. The van der Waals surface area contributed by atoms with Crippen molar-refractivity contribution >= 4 is 12.0 Å². The highest BCUT2D eigenvalue weighted by atomic mass is 16.5. The number of aliphatic carboxylic acids is 1. The number of carboxylic acid groups (broad SMARTS) is 1. The fourth-order valence-electron chi connectivity index (χ4n) is 1.45. The molecule has 0 amide bonds. The molecular weight excluding hydrogens is 218 g/mol. The third-order valence-corrected chi connectivity index (χ3v) is 2.58. The molecule has 2 rings (SSSR count). The standard InChI is InChI=1S/C13H15NO3/c1-9-2-6-12(17-8-10-3-4-10)11(14-9)5-7-13(15)16/h2,5-7,10H,3-4,8H2,1H3,(H,15,16). The number of carbonyl (C=O) groups is 1. The minimum absolute atomic E-state index is 0.577. The Morgan fingerprint density at radius 1 is 1.59 bits per heavy atom. The zero-order valence-corrected chi connectivity index (χ0v) is 9.72. The molecule has 0 aromatic carbocycles. The van der Waals surface area contributed by atoms with Crippen LogP contribution in [-0.4, -0.2) is 22.7 Å². The molecule has 90 valence electrons. The molecule has 0 bridgehead atoms. The average molecular weight is 233 g/mol. The monoisotopic (exact) mass is 233 g/mol. The van der Waals surface area contributed by atoms with Crippen LogP contribution in [0.3, 0.4) is 0 Å². The fourth-order valence-corrected chi connectivity index (χ4v) is 1.45. The van der Waals surface area contributed by atoms with Gasteiger partial charge in [-0.2, -0.15) is 0 Å². The van der Waals surface area contributed by atoms with E-state index >= 15 is 0 Å². The maximum Gasteiger partial charge on any atom is 0.328 e. The van der Waals surface area contributed by atoms with E-state index in [1.807, 2.05) is 19.1 Å². The first-order chi connectivity index (χ1) is 8.15. The largest absolute Gasteiger partial charge is 0.491 e. The summed E-state index contributed by atoms with van der Waals surface area (Å²) >= 11 is 0. The van der Waals surface area contributed by atoms with Gasteiger partial charge in [0.15, 0.2) is 0 Å². The van der Waals surface area contributed by atoms with Gasteiger partial charge in [-0.15, -0.1) is 0 Å².